The van der Waals surface area contributed by atoms with E-state index in [4.69, 9.17) is 5.73 Å². The van der Waals surface area contributed by atoms with Crippen LogP contribution in [0.25, 0.3) is 0 Å². The Morgan fingerprint density at radius 3 is 2.68 bits per heavy atom. The summed E-state index contributed by atoms with van der Waals surface area (Å²) in [6, 6.07) is 4.30. The van der Waals surface area contributed by atoms with Crippen LogP contribution >= 0.6 is 0 Å². The first kappa shape index (κ1) is 14.4. The molecule has 106 valence electrons. The van der Waals surface area contributed by atoms with E-state index in [-0.39, 0.29) is 23.9 Å². The second-order valence-corrected chi connectivity index (χ2v) is 7.50. The van der Waals surface area contributed by atoms with Gasteiger partial charge in [0.05, 0.1) is 17.6 Å². The molecule has 2 atom stereocenters. The van der Waals surface area contributed by atoms with E-state index in [1.165, 1.54) is 12.1 Å². The molecule has 1 fully saturated rings. The van der Waals surface area contributed by atoms with Crippen molar-refractivity contribution in [3.05, 3.63) is 35.1 Å². The molecule has 0 spiro atoms. The molecule has 0 saturated carbocycles. The summed E-state index contributed by atoms with van der Waals surface area (Å²) in [5, 5.41) is 10.5. The molecule has 2 rings (SSSR count). The highest BCUT2D eigenvalue weighted by molar-refractivity contribution is 7.91. The van der Waals surface area contributed by atoms with E-state index >= 15 is 0 Å². The van der Waals surface area contributed by atoms with Gasteiger partial charge >= 0.3 is 0 Å². The molecule has 2 unspecified atom stereocenters. The van der Waals surface area contributed by atoms with Crippen molar-refractivity contribution < 1.29 is 17.9 Å². The number of benzene rings is 1. The van der Waals surface area contributed by atoms with Gasteiger partial charge in [0.2, 0.25) is 0 Å². The minimum atomic E-state index is -3.15. The second kappa shape index (κ2) is 4.85. The number of aliphatic hydroxyl groups excluding tert-OH is 1. The number of nitrogens with two attached hydrogens (primary N) is 1. The highest BCUT2D eigenvalue weighted by Gasteiger charge is 2.47. The van der Waals surface area contributed by atoms with Crippen LogP contribution < -0.4 is 5.73 Å². The SMILES string of the molecule is Cc1cc(C(O)C2(CN)CCS(=O)(=O)C2)ccc1F. The Morgan fingerprint density at radius 2 is 2.21 bits per heavy atom. The Morgan fingerprint density at radius 1 is 1.53 bits per heavy atom. The van der Waals surface area contributed by atoms with E-state index in [1.54, 1.807) is 13.0 Å². The van der Waals surface area contributed by atoms with Crippen LogP contribution in [0.15, 0.2) is 18.2 Å². The molecular formula is C13H18FNO3S. The van der Waals surface area contributed by atoms with Gasteiger partial charge in [-0.1, -0.05) is 12.1 Å². The van der Waals surface area contributed by atoms with Gasteiger partial charge in [-0.3, -0.25) is 0 Å². The molecule has 1 saturated heterocycles. The Bertz CT molecular complexity index is 588. The number of aliphatic hydroxyl groups is 1. The largest absolute Gasteiger partial charge is 0.388 e. The van der Waals surface area contributed by atoms with E-state index in [2.05, 4.69) is 0 Å². The summed E-state index contributed by atoms with van der Waals surface area (Å²) >= 11 is 0. The van der Waals surface area contributed by atoms with Crippen LogP contribution in [-0.2, 0) is 9.84 Å². The molecule has 1 aliphatic heterocycles. The smallest absolute Gasteiger partial charge is 0.151 e. The summed E-state index contributed by atoms with van der Waals surface area (Å²) < 4.78 is 36.5. The first-order chi connectivity index (χ1) is 8.80. The van der Waals surface area contributed by atoms with Crippen LogP contribution in [0, 0.1) is 18.2 Å². The topological polar surface area (TPSA) is 80.4 Å². The number of halogens is 1. The van der Waals surface area contributed by atoms with Crippen LogP contribution in [0.5, 0.6) is 0 Å². The number of aryl methyl sites for hydroxylation is 1. The zero-order valence-electron chi connectivity index (χ0n) is 10.8. The first-order valence-electron chi connectivity index (χ1n) is 6.14. The van der Waals surface area contributed by atoms with Crippen LogP contribution in [0.4, 0.5) is 4.39 Å². The molecule has 1 aliphatic rings. The molecule has 3 N–H and O–H groups in total. The molecule has 0 aliphatic carbocycles. The van der Waals surface area contributed by atoms with Crippen LogP contribution in [0.1, 0.15) is 23.7 Å². The van der Waals surface area contributed by atoms with E-state index in [1.807, 2.05) is 0 Å². The van der Waals surface area contributed by atoms with Gasteiger partial charge in [0.15, 0.2) is 9.84 Å². The van der Waals surface area contributed by atoms with Gasteiger partial charge < -0.3 is 10.8 Å². The molecule has 0 aromatic heterocycles. The van der Waals surface area contributed by atoms with Gasteiger partial charge in [0.25, 0.3) is 0 Å². The van der Waals surface area contributed by atoms with Crippen LogP contribution in [0.3, 0.4) is 0 Å². The average molecular weight is 287 g/mol. The second-order valence-electron chi connectivity index (χ2n) is 5.32. The number of hydrogen-bond donors (Lipinski definition) is 2. The van der Waals surface area contributed by atoms with Crippen molar-refractivity contribution >= 4 is 9.84 Å². The van der Waals surface area contributed by atoms with Crippen molar-refractivity contribution in [1.82, 2.24) is 0 Å². The molecule has 0 amide bonds. The number of hydrogen-bond acceptors (Lipinski definition) is 4. The van der Waals surface area contributed by atoms with Gasteiger partial charge in [-0.25, -0.2) is 12.8 Å². The summed E-state index contributed by atoms with van der Waals surface area (Å²) in [6.07, 6.45) is -0.655. The maximum Gasteiger partial charge on any atom is 0.151 e. The van der Waals surface area contributed by atoms with Gasteiger partial charge in [-0.05, 0) is 30.5 Å². The third kappa shape index (κ3) is 2.66. The molecule has 0 bridgehead atoms. The van der Waals surface area contributed by atoms with Crippen molar-refractivity contribution in [2.45, 2.75) is 19.4 Å². The lowest BCUT2D eigenvalue weighted by molar-refractivity contribution is 0.0471. The lowest BCUT2D eigenvalue weighted by Gasteiger charge is -2.32. The van der Waals surface area contributed by atoms with Crippen LogP contribution in [0.2, 0.25) is 0 Å². The zero-order valence-corrected chi connectivity index (χ0v) is 11.6. The molecule has 1 aromatic rings. The van der Waals surface area contributed by atoms with Crippen molar-refractivity contribution in [3.63, 3.8) is 0 Å². The quantitative estimate of drug-likeness (QED) is 0.866. The Labute approximate surface area is 112 Å². The maximum atomic E-state index is 13.2. The monoisotopic (exact) mass is 287 g/mol. The Kier molecular flexibility index (Phi) is 3.68. The fourth-order valence-corrected chi connectivity index (χ4v) is 4.78. The van der Waals surface area contributed by atoms with Crippen LogP contribution in [-0.4, -0.2) is 31.6 Å². The molecule has 6 heteroatoms. The van der Waals surface area contributed by atoms with E-state index in [9.17, 15) is 17.9 Å². The van der Waals surface area contributed by atoms with E-state index < -0.39 is 21.4 Å². The van der Waals surface area contributed by atoms with Gasteiger partial charge in [-0.2, -0.15) is 0 Å². The lowest BCUT2D eigenvalue weighted by atomic mass is 9.78. The number of sulfone groups is 1. The fraction of sp³-hybridized carbons (Fsp3) is 0.538. The predicted octanol–water partition coefficient (Wildman–Crippen LogP) is 0.931. The number of rotatable bonds is 3. The fourth-order valence-electron chi connectivity index (χ4n) is 2.62. The summed E-state index contributed by atoms with van der Waals surface area (Å²) in [5.41, 5.74) is 5.78. The Balaban J connectivity index is 2.36. The highest BCUT2D eigenvalue weighted by Crippen LogP contribution is 2.42. The van der Waals surface area contributed by atoms with Crippen molar-refractivity contribution in [2.75, 3.05) is 18.1 Å². The summed E-state index contributed by atoms with van der Waals surface area (Å²) in [7, 11) is -3.15. The highest BCUT2D eigenvalue weighted by atomic mass is 32.2. The third-order valence-electron chi connectivity index (χ3n) is 3.90. The molecule has 19 heavy (non-hydrogen) atoms. The standard InChI is InChI=1S/C13H18FNO3S/c1-9-6-10(2-3-11(9)14)12(16)13(7-15)4-5-19(17,18)8-13/h2-3,6,12,16H,4-5,7-8,15H2,1H3. The molecule has 1 aromatic carbocycles. The normalized spacial score (nSPS) is 27.4. The molecule has 0 radical (unpaired) electrons. The van der Waals surface area contributed by atoms with E-state index in [0.717, 1.165) is 0 Å². The maximum absolute atomic E-state index is 13.2. The van der Waals surface area contributed by atoms with Crippen molar-refractivity contribution in [3.8, 4) is 0 Å². The molecular weight excluding hydrogens is 269 g/mol. The minimum absolute atomic E-state index is 0.0431. The zero-order chi connectivity index (χ0) is 14.3. The first-order valence-corrected chi connectivity index (χ1v) is 7.96. The Hall–Kier alpha value is -0.980. The summed E-state index contributed by atoms with van der Waals surface area (Å²) in [4.78, 5) is 0. The minimum Gasteiger partial charge on any atom is -0.388 e. The predicted molar refractivity (Wildman–Crippen MR) is 70.9 cm³/mol. The van der Waals surface area contributed by atoms with Crippen molar-refractivity contribution in [1.29, 1.82) is 0 Å². The average Bonchev–Trinajstić information content (AvgIpc) is 2.69. The van der Waals surface area contributed by atoms with Crippen molar-refractivity contribution in [2.24, 2.45) is 11.1 Å². The van der Waals surface area contributed by atoms with Gasteiger partial charge in [0.1, 0.15) is 5.82 Å². The summed E-state index contributed by atoms with van der Waals surface area (Å²) in [6.45, 7) is 1.69. The third-order valence-corrected chi connectivity index (χ3v) is 5.74. The summed E-state index contributed by atoms with van der Waals surface area (Å²) in [5.74, 6) is -0.424. The van der Waals surface area contributed by atoms with Gasteiger partial charge in [-0.15, -0.1) is 0 Å². The molecule has 1 heterocycles. The lowest BCUT2D eigenvalue weighted by Crippen LogP contribution is -2.38. The molecule has 4 nitrogen and oxygen atoms in total. The van der Waals surface area contributed by atoms with E-state index in [0.29, 0.717) is 17.5 Å². The van der Waals surface area contributed by atoms with Gasteiger partial charge in [0, 0.05) is 12.0 Å².